The fourth-order valence-corrected chi connectivity index (χ4v) is 2.52. The lowest BCUT2D eigenvalue weighted by atomic mass is 10.1. The van der Waals surface area contributed by atoms with Crippen molar-refractivity contribution in [1.29, 1.82) is 0 Å². The van der Waals surface area contributed by atoms with Crippen molar-refractivity contribution in [2.24, 2.45) is 0 Å². The van der Waals surface area contributed by atoms with E-state index in [-0.39, 0.29) is 17.8 Å². The highest BCUT2D eigenvalue weighted by molar-refractivity contribution is 5.91. The highest BCUT2D eigenvalue weighted by Gasteiger charge is 2.09. The van der Waals surface area contributed by atoms with Crippen LogP contribution in [-0.4, -0.2) is 10.9 Å². The average molecular weight is 362 g/mol. The summed E-state index contributed by atoms with van der Waals surface area (Å²) in [5.74, 6) is 0.774. The van der Waals surface area contributed by atoms with Gasteiger partial charge in [-0.1, -0.05) is 24.3 Å². The molecule has 1 heterocycles. The molecule has 0 fully saturated rings. The van der Waals surface area contributed by atoms with E-state index in [1.54, 1.807) is 42.7 Å². The molecule has 136 valence electrons. The first-order chi connectivity index (χ1) is 13.1. The molecule has 1 unspecified atom stereocenters. The molecular formula is C22H19FN2O2. The van der Waals surface area contributed by atoms with Gasteiger partial charge in [-0.15, -0.1) is 0 Å². The Bertz CT molecular complexity index is 942. The minimum atomic E-state index is -0.336. The normalized spacial score (nSPS) is 11.9. The lowest BCUT2D eigenvalue weighted by Crippen LogP contribution is -2.24. The first-order valence-corrected chi connectivity index (χ1v) is 8.52. The summed E-state index contributed by atoms with van der Waals surface area (Å²) in [7, 11) is 0. The molecule has 1 amide bonds. The number of nitrogens with one attached hydrogen (secondary N) is 1. The second kappa shape index (κ2) is 8.76. The van der Waals surface area contributed by atoms with Crippen LogP contribution in [0.3, 0.4) is 0 Å². The topological polar surface area (TPSA) is 51.2 Å². The fourth-order valence-electron chi connectivity index (χ4n) is 2.52. The smallest absolute Gasteiger partial charge is 0.244 e. The molecule has 2 aromatic carbocycles. The van der Waals surface area contributed by atoms with Gasteiger partial charge in [0, 0.05) is 18.5 Å². The van der Waals surface area contributed by atoms with Gasteiger partial charge in [-0.05, 0) is 60.5 Å². The zero-order valence-electron chi connectivity index (χ0n) is 14.8. The molecule has 0 bridgehead atoms. The Hall–Kier alpha value is -3.47. The van der Waals surface area contributed by atoms with Gasteiger partial charge in [-0.3, -0.25) is 9.78 Å². The maximum atomic E-state index is 13.2. The zero-order chi connectivity index (χ0) is 19.1. The van der Waals surface area contributed by atoms with Crippen molar-refractivity contribution in [1.82, 2.24) is 10.3 Å². The molecule has 1 N–H and O–H groups in total. The summed E-state index contributed by atoms with van der Waals surface area (Å²) in [6.07, 6.45) is 6.29. The van der Waals surface area contributed by atoms with Crippen molar-refractivity contribution in [3.63, 3.8) is 0 Å². The van der Waals surface area contributed by atoms with E-state index in [1.807, 2.05) is 31.2 Å². The van der Waals surface area contributed by atoms with Gasteiger partial charge >= 0.3 is 0 Å². The van der Waals surface area contributed by atoms with Crippen LogP contribution in [0.4, 0.5) is 4.39 Å². The van der Waals surface area contributed by atoms with E-state index >= 15 is 0 Å². The van der Waals surface area contributed by atoms with E-state index in [1.165, 1.54) is 18.2 Å². The molecule has 1 aromatic heterocycles. The minimum absolute atomic E-state index is 0.212. The number of aromatic nitrogens is 1. The van der Waals surface area contributed by atoms with E-state index < -0.39 is 0 Å². The van der Waals surface area contributed by atoms with Crippen LogP contribution in [0.1, 0.15) is 24.1 Å². The summed E-state index contributed by atoms with van der Waals surface area (Å²) >= 11 is 0. The number of pyridine rings is 1. The number of hydrogen-bond acceptors (Lipinski definition) is 3. The molecule has 4 nitrogen and oxygen atoms in total. The molecule has 0 aliphatic heterocycles. The standard InChI is InChI=1S/C22H19FN2O2/c1-16(25-22(26)9-8-17-4-2-6-19(23)14-17)18-5-3-7-21(15-18)27-20-10-12-24-13-11-20/h2-16H,1H3,(H,25,26). The van der Waals surface area contributed by atoms with Crippen LogP contribution in [-0.2, 0) is 4.79 Å². The number of amides is 1. The monoisotopic (exact) mass is 362 g/mol. The molecule has 1 atom stereocenters. The summed E-state index contributed by atoms with van der Waals surface area (Å²) < 4.78 is 19.0. The molecular weight excluding hydrogens is 343 g/mol. The maximum Gasteiger partial charge on any atom is 0.244 e. The highest BCUT2D eigenvalue weighted by atomic mass is 19.1. The van der Waals surface area contributed by atoms with E-state index in [2.05, 4.69) is 10.3 Å². The highest BCUT2D eigenvalue weighted by Crippen LogP contribution is 2.24. The van der Waals surface area contributed by atoms with E-state index in [0.717, 1.165) is 5.56 Å². The Morgan fingerprint density at radius 3 is 2.63 bits per heavy atom. The zero-order valence-corrected chi connectivity index (χ0v) is 14.8. The van der Waals surface area contributed by atoms with Crippen LogP contribution in [0.25, 0.3) is 6.08 Å². The predicted molar refractivity (Wildman–Crippen MR) is 103 cm³/mol. The van der Waals surface area contributed by atoms with Gasteiger partial charge in [0.15, 0.2) is 0 Å². The third-order valence-electron chi connectivity index (χ3n) is 3.88. The van der Waals surface area contributed by atoms with Crippen LogP contribution < -0.4 is 10.1 Å². The number of benzene rings is 2. The predicted octanol–water partition coefficient (Wildman–Crippen LogP) is 4.90. The Morgan fingerprint density at radius 1 is 1.07 bits per heavy atom. The molecule has 0 aliphatic carbocycles. The SMILES string of the molecule is CC(NC(=O)C=Cc1cccc(F)c1)c1cccc(Oc2ccncc2)c1. The molecule has 3 rings (SSSR count). The number of nitrogens with zero attached hydrogens (tertiary/aromatic N) is 1. The first kappa shape index (κ1) is 18.3. The van der Waals surface area contributed by atoms with Crippen molar-refractivity contribution in [3.05, 3.63) is 96.1 Å². The number of ether oxygens (including phenoxy) is 1. The van der Waals surface area contributed by atoms with Crippen molar-refractivity contribution in [2.75, 3.05) is 0 Å². The number of rotatable bonds is 6. The van der Waals surface area contributed by atoms with Crippen molar-refractivity contribution in [2.45, 2.75) is 13.0 Å². The fraction of sp³-hybridized carbons (Fsp3) is 0.0909. The summed E-state index contributed by atoms with van der Waals surface area (Å²) in [5, 5.41) is 2.89. The second-order valence-electron chi connectivity index (χ2n) is 5.98. The lowest BCUT2D eigenvalue weighted by Gasteiger charge is -2.14. The quantitative estimate of drug-likeness (QED) is 0.634. The number of carbonyl (C=O) groups excluding carboxylic acids is 1. The Balaban J connectivity index is 1.62. The van der Waals surface area contributed by atoms with Crippen molar-refractivity contribution >= 4 is 12.0 Å². The summed E-state index contributed by atoms with van der Waals surface area (Å²) in [6, 6.07) is 16.9. The van der Waals surface area contributed by atoms with Gasteiger partial charge < -0.3 is 10.1 Å². The molecule has 0 saturated carbocycles. The van der Waals surface area contributed by atoms with Crippen molar-refractivity contribution < 1.29 is 13.9 Å². The van der Waals surface area contributed by atoms with Gasteiger partial charge in [-0.25, -0.2) is 4.39 Å². The van der Waals surface area contributed by atoms with Crippen molar-refractivity contribution in [3.8, 4) is 11.5 Å². The average Bonchev–Trinajstić information content (AvgIpc) is 2.67. The van der Waals surface area contributed by atoms with Crippen LogP contribution >= 0.6 is 0 Å². The van der Waals surface area contributed by atoms with Gasteiger partial charge in [0.25, 0.3) is 0 Å². The molecule has 5 heteroatoms. The van der Waals surface area contributed by atoms with Gasteiger partial charge in [0.05, 0.1) is 6.04 Å². The Morgan fingerprint density at radius 2 is 1.85 bits per heavy atom. The molecule has 0 radical (unpaired) electrons. The summed E-state index contributed by atoms with van der Waals surface area (Å²) in [6.45, 7) is 1.89. The third kappa shape index (κ3) is 5.51. The first-order valence-electron chi connectivity index (χ1n) is 8.52. The van der Waals surface area contributed by atoms with Gasteiger partial charge in [0.1, 0.15) is 17.3 Å². The van der Waals surface area contributed by atoms with E-state index in [0.29, 0.717) is 17.1 Å². The van der Waals surface area contributed by atoms with Crippen LogP contribution in [0, 0.1) is 5.82 Å². The molecule has 0 spiro atoms. The maximum absolute atomic E-state index is 13.2. The molecule has 3 aromatic rings. The number of carbonyl (C=O) groups is 1. The third-order valence-corrected chi connectivity index (χ3v) is 3.88. The lowest BCUT2D eigenvalue weighted by molar-refractivity contribution is -0.117. The second-order valence-corrected chi connectivity index (χ2v) is 5.98. The minimum Gasteiger partial charge on any atom is -0.457 e. The van der Waals surface area contributed by atoms with Crippen LogP contribution in [0.2, 0.25) is 0 Å². The molecule has 0 saturated heterocycles. The van der Waals surface area contributed by atoms with Gasteiger partial charge in [-0.2, -0.15) is 0 Å². The Kier molecular flexibility index (Phi) is 5.94. The Labute approximate surface area is 157 Å². The van der Waals surface area contributed by atoms with Gasteiger partial charge in [0.2, 0.25) is 5.91 Å². The largest absolute Gasteiger partial charge is 0.457 e. The van der Waals surface area contributed by atoms with Crippen LogP contribution in [0.15, 0.2) is 79.1 Å². The summed E-state index contributed by atoms with van der Waals surface area (Å²) in [5.41, 5.74) is 1.54. The number of hydrogen-bond donors (Lipinski definition) is 1. The van der Waals surface area contributed by atoms with E-state index in [9.17, 15) is 9.18 Å². The molecule has 0 aliphatic rings. The molecule has 27 heavy (non-hydrogen) atoms. The summed E-state index contributed by atoms with van der Waals surface area (Å²) in [4.78, 5) is 16.1. The van der Waals surface area contributed by atoms with E-state index in [4.69, 9.17) is 4.74 Å². The van der Waals surface area contributed by atoms with Crippen LogP contribution in [0.5, 0.6) is 11.5 Å². The number of halogens is 1.